The molecule has 8 heteroatoms. The van der Waals surface area contributed by atoms with E-state index in [-0.39, 0.29) is 11.7 Å². The van der Waals surface area contributed by atoms with Crippen LogP contribution in [0, 0.1) is 12.7 Å². The first-order chi connectivity index (χ1) is 9.54. The smallest absolute Gasteiger partial charge is 0.244 e. The number of nitrogen functional groups attached to an aromatic ring is 1. The van der Waals surface area contributed by atoms with E-state index >= 15 is 0 Å². The molecule has 1 aromatic carbocycles. The van der Waals surface area contributed by atoms with Crippen molar-refractivity contribution in [3.8, 4) is 0 Å². The van der Waals surface area contributed by atoms with Gasteiger partial charge in [0.05, 0.1) is 6.04 Å². The first-order valence-corrected chi connectivity index (χ1v) is 7.91. The van der Waals surface area contributed by atoms with Crippen molar-refractivity contribution in [3.63, 3.8) is 0 Å². The molecule has 118 valence electrons. The Morgan fingerprint density at radius 1 is 1.29 bits per heavy atom. The van der Waals surface area contributed by atoms with Gasteiger partial charge in [0.15, 0.2) is 0 Å². The lowest BCUT2D eigenvalue weighted by Gasteiger charge is -2.17. The van der Waals surface area contributed by atoms with Crippen LogP contribution in [0.15, 0.2) is 17.0 Å². The third kappa shape index (κ3) is 4.40. The van der Waals surface area contributed by atoms with Crippen LogP contribution in [-0.4, -0.2) is 26.4 Å². The van der Waals surface area contributed by atoms with E-state index in [0.29, 0.717) is 5.56 Å². The first kappa shape index (κ1) is 17.4. The number of hydrogen-bond donors (Lipinski definition) is 3. The molecule has 1 rings (SSSR count). The number of amides is 1. The lowest BCUT2D eigenvalue weighted by atomic mass is 10.2. The van der Waals surface area contributed by atoms with Crippen molar-refractivity contribution in [1.29, 1.82) is 0 Å². The van der Waals surface area contributed by atoms with Gasteiger partial charge >= 0.3 is 0 Å². The highest BCUT2D eigenvalue weighted by molar-refractivity contribution is 7.89. The Balaban J connectivity index is 3.02. The van der Waals surface area contributed by atoms with Gasteiger partial charge in [-0.3, -0.25) is 4.79 Å². The fourth-order valence-corrected chi connectivity index (χ4v) is 2.93. The molecule has 0 fully saturated rings. The molecule has 0 saturated heterocycles. The molecule has 1 aromatic rings. The number of hydrogen-bond acceptors (Lipinski definition) is 4. The first-order valence-electron chi connectivity index (χ1n) is 6.43. The Labute approximate surface area is 124 Å². The molecule has 21 heavy (non-hydrogen) atoms. The fraction of sp³-hybridized carbons (Fsp3) is 0.462. The van der Waals surface area contributed by atoms with Gasteiger partial charge in [-0.05, 0) is 45.4 Å². The van der Waals surface area contributed by atoms with Gasteiger partial charge in [0.2, 0.25) is 15.9 Å². The summed E-state index contributed by atoms with van der Waals surface area (Å²) in [6.45, 7) is 6.45. The minimum absolute atomic E-state index is 0.129. The number of benzene rings is 1. The zero-order chi connectivity index (χ0) is 16.4. The van der Waals surface area contributed by atoms with Crippen molar-refractivity contribution in [2.75, 3.05) is 5.73 Å². The summed E-state index contributed by atoms with van der Waals surface area (Å²) in [5, 5.41) is 2.57. The van der Waals surface area contributed by atoms with E-state index in [4.69, 9.17) is 5.73 Å². The van der Waals surface area contributed by atoms with E-state index in [1.165, 1.54) is 6.92 Å². The van der Waals surface area contributed by atoms with Crippen molar-refractivity contribution < 1.29 is 17.6 Å². The molecule has 1 amide bonds. The fourth-order valence-electron chi connectivity index (χ4n) is 1.63. The molecule has 0 aliphatic carbocycles. The monoisotopic (exact) mass is 317 g/mol. The highest BCUT2D eigenvalue weighted by atomic mass is 32.2. The maximum Gasteiger partial charge on any atom is 0.244 e. The zero-order valence-electron chi connectivity index (χ0n) is 12.4. The van der Waals surface area contributed by atoms with Crippen LogP contribution in [0.1, 0.15) is 26.3 Å². The SMILES string of the molecule is Cc1cc(F)c(S(=O)(=O)NC(C)C(=O)NC(C)C)cc1N. The average molecular weight is 317 g/mol. The summed E-state index contributed by atoms with van der Waals surface area (Å²) in [6, 6.07) is 0.929. The van der Waals surface area contributed by atoms with Crippen LogP contribution in [0.5, 0.6) is 0 Å². The van der Waals surface area contributed by atoms with E-state index in [0.717, 1.165) is 12.1 Å². The molecule has 0 saturated carbocycles. The Morgan fingerprint density at radius 3 is 2.38 bits per heavy atom. The van der Waals surface area contributed by atoms with Gasteiger partial charge in [-0.1, -0.05) is 0 Å². The van der Waals surface area contributed by atoms with E-state index in [2.05, 4.69) is 10.0 Å². The summed E-state index contributed by atoms with van der Waals surface area (Å²) in [7, 11) is -4.18. The maximum absolute atomic E-state index is 13.8. The highest BCUT2D eigenvalue weighted by Gasteiger charge is 2.25. The van der Waals surface area contributed by atoms with Gasteiger partial charge in [0.25, 0.3) is 0 Å². The van der Waals surface area contributed by atoms with E-state index in [9.17, 15) is 17.6 Å². The van der Waals surface area contributed by atoms with E-state index in [1.807, 2.05) is 0 Å². The Kier molecular flexibility index (Phi) is 5.30. The summed E-state index contributed by atoms with van der Waals surface area (Å²) in [4.78, 5) is 11.1. The number of anilines is 1. The van der Waals surface area contributed by atoms with E-state index in [1.54, 1.807) is 20.8 Å². The second-order valence-electron chi connectivity index (χ2n) is 5.15. The van der Waals surface area contributed by atoms with Crippen molar-refractivity contribution in [3.05, 3.63) is 23.5 Å². The molecular weight excluding hydrogens is 297 g/mol. The molecule has 0 aromatic heterocycles. The molecule has 0 bridgehead atoms. The van der Waals surface area contributed by atoms with Gasteiger partial charge in [0, 0.05) is 11.7 Å². The summed E-state index contributed by atoms with van der Waals surface area (Å²) in [5.41, 5.74) is 6.21. The van der Waals surface area contributed by atoms with Gasteiger partial charge in [-0.25, -0.2) is 12.8 Å². The Hall–Kier alpha value is -1.67. The number of sulfonamides is 1. The molecule has 4 N–H and O–H groups in total. The average Bonchev–Trinajstić information content (AvgIpc) is 2.32. The summed E-state index contributed by atoms with van der Waals surface area (Å²) < 4.78 is 40.2. The standard InChI is InChI=1S/C13H20FN3O3S/c1-7(2)16-13(18)9(4)17-21(19,20)12-6-11(15)8(3)5-10(12)14/h5-7,9,17H,15H2,1-4H3,(H,16,18). The van der Waals surface area contributed by atoms with E-state index < -0.39 is 32.7 Å². The van der Waals surface area contributed by atoms with Crippen LogP contribution in [-0.2, 0) is 14.8 Å². The lowest BCUT2D eigenvalue weighted by molar-refractivity contribution is -0.122. The molecule has 0 radical (unpaired) electrons. The predicted molar refractivity (Wildman–Crippen MR) is 78.6 cm³/mol. The summed E-state index contributed by atoms with van der Waals surface area (Å²) in [5.74, 6) is -1.40. The van der Waals surface area contributed by atoms with Crippen LogP contribution in [0.4, 0.5) is 10.1 Å². The van der Waals surface area contributed by atoms with Crippen molar-refractivity contribution >= 4 is 21.6 Å². The topological polar surface area (TPSA) is 101 Å². The normalized spacial score (nSPS) is 13.2. The van der Waals surface area contributed by atoms with Crippen LogP contribution in [0.25, 0.3) is 0 Å². The minimum atomic E-state index is -4.18. The van der Waals surface area contributed by atoms with Crippen LogP contribution in [0.3, 0.4) is 0 Å². The van der Waals surface area contributed by atoms with Gasteiger partial charge in [-0.15, -0.1) is 0 Å². The number of nitrogens with two attached hydrogens (primary N) is 1. The highest BCUT2D eigenvalue weighted by Crippen LogP contribution is 2.21. The number of carbonyl (C=O) groups is 1. The van der Waals surface area contributed by atoms with Crippen molar-refractivity contribution in [2.24, 2.45) is 0 Å². The minimum Gasteiger partial charge on any atom is -0.398 e. The number of rotatable bonds is 5. The van der Waals surface area contributed by atoms with Crippen molar-refractivity contribution in [2.45, 2.75) is 44.7 Å². The number of carbonyl (C=O) groups excluding carboxylic acids is 1. The summed E-state index contributed by atoms with van der Waals surface area (Å²) >= 11 is 0. The molecule has 1 atom stereocenters. The predicted octanol–water partition coefficient (Wildman–Crippen LogP) is 0.908. The molecule has 0 aliphatic rings. The third-order valence-electron chi connectivity index (χ3n) is 2.77. The molecule has 6 nitrogen and oxygen atoms in total. The molecular formula is C13H20FN3O3S. The van der Waals surface area contributed by atoms with Crippen LogP contribution in [0.2, 0.25) is 0 Å². The molecule has 0 aliphatic heterocycles. The maximum atomic E-state index is 13.8. The lowest BCUT2D eigenvalue weighted by Crippen LogP contribution is -2.46. The quantitative estimate of drug-likeness (QED) is 0.702. The van der Waals surface area contributed by atoms with Gasteiger partial charge in [0.1, 0.15) is 10.7 Å². The largest absolute Gasteiger partial charge is 0.398 e. The Morgan fingerprint density at radius 2 is 1.86 bits per heavy atom. The van der Waals surface area contributed by atoms with Gasteiger partial charge < -0.3 is 11.1 Å². The Bertz CT molecular complexity index is 644. The van der Waals surface area contributed by atoms with Gasteiger partial charge in [-0.2, -0.15) is 4.72 Å². The zero-order valence-corrected chi connectivity index (χ0v) is 13.2. The number of aryl methyl sites for hydroxylation is 1. The second-order valence-corrected chi connectivity index (χ2v) is 6.83. The molecule has 0 spiro atoms. The van der Waals surface area contributed by atoms with Crippen LogP contribution >= 0.6 is 0 Å². The number of nitrogens with one attached hydrogen (secondary N) is 2. The molecule has 1 unspecified atom stereocenters. The molecule has 0 heterocycles. The van der Waals surface area contributed by atoms with Crippen LogP contribution < -0.4 is 15.8 Å². The number of halogens is 1. The second kappa shape index (κ2) is 6.40. The summed E-state index contributed by atoms with van der Waals surface area (Å²) in [6.07, 6.45) is 0. The third-order valence-corrected chi connectivity index (χ3v) is 4.32. The van der Waals surface area contributed by atoms with Crippen molar-refractivity contribution in [1.82, 2.24) is 10.0 Å².